The van der Waals surface area contributed by atoms with Gasteiger partial charge in [0.25, 0.3) is 0 Å². The van der Waals surface area contributed by atoms with Crippen LogP contribution in [0.25, 0.3) is 0 Å². The highest BCUT2D eigenvalue weighted by atomic mass is 16.5. The molecule has 0 spiro atoms. The van der Waals surface area contributed by atoms with Crippen LogP contribution in [0.3, 0.4) is 0 Å². The summed E-state index contributed by atoms with van der Waals surface area (Å²) in [6.45, 7) is 5.79. The lowest BCUT2D eigenvalue weighted by Gasteiger charge is -2.32. The number of nitrogens with zero attached hydrogens (tertiary/aromatic N) is 4. The van der Waals surface area contributed by atoms with Gasteiger partial charge < -0.3 is 9.64 Å². The Kier molecular flexibility index (Phi) is 4.25. The van der Waals surface area contributed by atoms with E-state index in [0.29, 0.717) is 31.4 Å². The molecule has 2 aromatic rings. The lowest BCUT2D eigenvalue weighted by molar-refractivity contribution is -0.140. The van der Waals surface area contributed by atoms with Crippen molar-refractivity contribution >= 4 is 5.91 Å². The van der Waals surface area contributed by atoms with E-state index >= 15 is 0 Å². The van der Waals surface area contributed by atoms with Crippen molar-refractivity contribution in [1.82, 2.24) is 25.1 Å². The van der Waals surface area contributed by atoms with Gasteiger partial charge in [0.15, 0.2) is 11.6 Å². The zero-order valence-electron chi connectivity index (χ0n) is 14.6. The van der Waals surface area contributed by atoms with E-state index in [1.165, 1.54) is 0 Å². The number of pyridine rings is 1. The molecule has 0 radical (unpaired) electrons. The van der Waals surface area contributed by atoms with Crippen molar-refractivity contribution in [2.75, 3.05) is 19.7 Å². The smallest absolute Gasteiger partial charge is 0.226 e. The summed E-state index contributed by atoms with van der Waals surface area (Å²) in [5.74, 6) is 2.34. The molecule has 25 heavy (non-hydrogen) atoms. The summed E-state index contributed by atoms with van der Waals surface area (Å²) < 4.78 is 5.81. The molecule has 0 aromatic carbocycles. The van der Waals surface area contributed by atoms with Gasteiger partial charge in [-0.15, -0.1) is 0 Å². The maximum absolute atomic E-state index is 12.8. The Morgan fingerprint density at radius 1 is 1.44 bits per heavy atom. The number of amides is 1. The Labute approximate surface area is 146 Å². The fourth-order valence-electron chi connectivity index (χ4n) is 3.37. The zero-order valence-corrected chi connectivity index (χ0v) is 14.6. The van der Waals surface area contributed by atoms with Crippen LogP contribution in [0.5, 0.6) is 0 Å². The second kappa shape index (κ2) is 6.55. The van der Waals surface area contributed by atoms with Crippen molar-refractivity contribution in [3.8, 4) is 0 Å². The Hall–Kier alpha value is -2.28. The van der Waals surface area contributed by atoms with E-state index in [4.69, 9.17) is 4.74 Å². The summed E-state index contributed by atoms with van der Waals surface area (Å²) in [4.78, 5) is 23.4. The molecule has 1 saturated carbocycles. The molecule has 1 aliphatic carbocycles. The van der Waals surface area contributed by atoms with Gasteiger partial charge in [-0.05, 0) is 24.0 Å². The van der Waals surface area contributed by atoms with Crippen LogP contribution < -0.4 is 0 Å². The first-order valence-electron chi connectivity index (χ1n) is 8.86. The van der Waals surface area contributed by atoms with Gasteiger partial charge in [0.1, 0.15) is 6.10 Å². The lowest BCUT2D eigenvalue weighted by atomic mass is 10.1. The van der Waals surface area contributed by atoms with Gasteiger partial charge in [-0.1, -0.05) is 19.9 Å². The summed E-state index contributed by atoms with van der Waals surface area (Å²) >= 11 is 0. The Bertz CT molecular complexity index is 745. The van der Waals surface area contributed by atoms with Crippen molar-refractivity contribution in [2.24, 2.45) is 5.92 Å². The molecule has 1 saturated heterocycles. The second-order valence-corrected chi connectivity index (χ2v) is 7.11. The number of H-pyrrole nitrogens is 1. The molecule has 1 amide bonds. The third kappa shape index (κ3) is 3.28. The molecule has 3 heterocycles. The molecule has 2 aliphatic rings. The summed E-state index contributed by atoms with van der Waals surface area (Å²) in [5, 5.41) is 7.20. The highest BCUT2D eigenvalue weighted by Crippen LogP contribution is 2.48. The molecule has 1 N–H and O–H groups in total. The molecule has 7 nitrogen and oxygen atoms in total. The van der Waals surface area contributed by atoms with E-state index in [1.807, 2.05) is 17.2 Å². The van der Waals surface area contributed by atoms with Crippen LogP contribution in [0.1, 0.15) is 55.4 Å². The van der Waals surface area contributed by atoms with Gasteiger partial charge in [0.2, 0.25) is 5.91 Å². The highest BCUT2D eigenvalue weighted by molar-refractivity contribution is 5.83. The molecular formula is C18H23N5O2. The zero-order chi connectivity index (χ0) is 17.4. The number of hydrogen-bond donors (Lipinski definition) is 1. The van der Waals surface area contributed by atoms with Crippen LogP contribution in [0, 0.1) is 5.92 Å². The van der Waals surface area contributed by atoms with Crippen molar-refractivity contribution < 1.29 is 9.53 Å². The van der Waals surface area contributed by atoms with Crippen molar-refractivity contribution in [3.63, 3.8) is 0 Å². The minimum absolute atomic E-state index is 0.0731. The summed E-state index contributed by atoms with van der Waals surface area (Å²) in [6, 6.07) is 3.98. The van der Waals surface area contributed by atoms with E-state index in [9.17, 15) is 4.79 Å². The van der Waals surface area contributed by atoms with E-state index in [0.717, 1.165) is 17.8 Å². The maximum atomic E-state index is 12.8. The lowest BCUT2D eigenvalue weighted by Crippen LogP contribution is -2.43. The van der Waals surface area contributed by atoms with Crippen LogP contribution in [0.2, 0.25) is 0 Å². The quantitative estimate of drug-likeness (QED) is 0.920. The van der Waals surface area contributed by atoms with Crippen LogP contribution in [0.15, 0.2) is 24.5 Å². The van der Waals surface area contributed by atoms with Crippen molar-refractivity contribution in [2.45, 2.75) is 38.2 Å². The van der Waals surface area contributed by atoms with Gasteiger partial charge in [0, 0.05) is 30.8 Å². The highest BCUT2D eigenvalue weighted by Gasteiger charge is 2.46. The topological polar surface area (TPSA) is 84.0 Å². The third-order valence-electron chi connectivity index (χ3n) is 4.94. The van der Waals surface area contributed by atoms with E-state index in [2.05, 4.69) is 40.1 Å². The minimum atomic E-state index is -0.228. The number of carbonyl (C=O) groups excluding carboxylic acids is 1. The maximum Gasteiger partial charge on any atom is 0.226 e. The van der Waals surface area contributed by atoms with Gasteiger partial charge in [-0.3, -0.25) is 14.9 Å². The second-order valence-electron chi connectivity index (χ2n) is 7.11. The predicted octanol–water partition coefficient (Wildman–Crippen LogP) is 2.03. The van der Waals surface area contributed by atoms with Crippen LogP contribution in [-0.4, -0.2) is 50.7 Å². The Morgan fingerprint density at radius 3 is 3.04 bits per heavy atom. The Morgan fingerprint density at radius 2 is 2.32 bits per heavy atom. The van der Waals surface area contributed by atoms with Crippen molar-refractivity contribution in [3.05, 3.63) is 41.7 Å². The first-order chi connectivity index (χ1) is 12.1. The van der Waals surface area contributed by atoms with Gasteiger partial charge in [-0.25, -0.2) is 4.98 Å². The number of aromatic nitrogens is 4. The molecule has 4 rings (SSSR count). The summed E-state index contributed by atoms with van der Waals surface area (Å²) in [6.07, 6.45) is 4.31. The van der Waals surface area contributed by atoms with E-state index in [1.54, 1.807) is 6.20 Å². The number of ether oxygens (including phenoxy) is 1. The molecular weight excluding hydrogens is 318 g/mol. The average molecular weight is 341 g/mol. The van der Waals surface area contributed by atoms with Gasteiger partial charge >= 0.3 is 0 Å². The average Bonchev–Trinajstić information content (AvgIpc) is 3.29. The number of aromatic amines is 1. The molecule has 3 atom stereocenters. The SMILES string of the molecule is CC(C)c1n[nH]c([C@@H]2CN(C(=O)[C@H]3C[C@H]3c3cccnc3)CCO2)n1. The number of morpholine rings is 1. The van der Waals surface area contributed by atoms with Crippen LogP contribution in [0.4, 0.5) is 0 Å². The first-order valence-corrected chi connectivity index (χ1v) is 8.86. The number of hydrogen-bond acceptors (Lipinski definition) is 5. The van der Waals surface area contributed by atoms with E-state index in [-0.39, 0.29) is 23.8 Å². The molecule has 1 aliphatic heterocycles. The van der Waals surface area contributed by atoms with Crippen molar-refractivity contribution in [1.29, 1.82) is 0 Å². The molecule has 0 bridgehead atoms. The van der Waals surface area contributed by atoms with Crippen LogP contribution >= 0.6 is 0 Å². The molecule has 0 unspecified atom stereocenters. The molecule has 7 heteroatoms. The number of rotatable bonds is 4. The molecule has 2 aromatic heterocycles. The third-order valence-corrected chi connectivity index (χ3v) is 4.94. The van der Waals surface area contributed by atoms with Gasteiger partial charge in [0.05, 0.1) is 13.2 Å². The number of carbonyl (C=O) groups is 1. The fraction of sp³-hybridized carbons (Fsp3) is 0.556. The molecule has 2 fully saturated rings. The Balaban J connectivity index is 1.40. The monoisotopic (exact) mass is 341 g/mol. The van der Waals surface area contributed by atoms with Gasteiger partial charge in [-0.2, -0.15) is 5.10 Å². The largest absolute Gasteiger partial charge is 0.367 e. The van der Waals surface area contributed by atoms with Crippen LogP contribution in [-0.2, 0) is 9.53 Å². The number of nitrogens with one attached hydrogen (secondary N) is 1. The predicted molar refractivity (Wildman–Crippen MR) is 90.8 cm³/mol. The fourth-order valence-corrected chi connectivity index (χ4v) is 3.37. The standard InChI is InChI=1S/C18H23N5O2/c1-11(2)16-20-17(22-21-16)15-10-23(6-7-25-15)18(24)14-8-13(14)12-4-3-5-19-9-12/h3-5,9,11,13-15H,6-8,10H2,1-2H3,(H,20,21,22)/t13-,14-,15-/m0/s1. The minimum Gasteiger partial charge on any atom is -0.367 e. The molecule has 132 valence electrons. The normalized spacial score (nSPS) is 26.0. The first kappa shape index (κ1) is 16.2. The summed E-state index contributed by atoms with van der Waals surface area (Å²) in [5.41, 5.74) is 1.16. The summed E-state index contributed by atoms with van der Waals surface area (Å²) in [7, 11) is 0. The van der Waals surface area contributed by atoms with E-state index < -0.39 is 0 Å².